The van der Waals surface area contributed by atoms with Crippen molar-refractivity contribution in [2.24, 2.45) is 0 Å². The van der Waals surface area contributed by atoms with Crippen molar-refractivity contribution in [1.82, 2.24) is 10.3 Å². The molecule has 1 heterocycles. The topological polar surface area (TPSA) is 67.2 Å². The molecule has 0 spiro atoms. The number of benzene rings is 3. The average Bonchev–Trinajstić information content (AvgIpc) is 3.14. The maximum atomic E-state index is 12.5. The van der Waals surface area contributed by atoms with Crippen LogP contribution in [-0.4, -0.2) is 16.0 Å². The predicted molar refractivity (Wildman–Crippen MR) is 129 cm³/mol. The average molecular weight is 450 g/mol. The van der Waals surface area contributed by atoms with Crippen molar-refractivity contribution in [2.75, 3.05) is 5.32 Å². The third kappa shape index (κ3) is 4.60. The Kier molecular flexibility index (Phi) is 5.76. The van der Waals surface area contributed by atoms with Crippen LogP contribution in [0.1, 0.15) is 27.0 Å². The zero-order valence-electron chi connectivity index (χ0n) is 17.2. The first-order valence-electron chi connectivity index (χ1n) is 9.67. The lowest BCUT2D eigenvalue weighted by molar-refractivity contribution is 0.0977. The number of hydrogen-bond acceptors (Lipinski definition) is 4. The second kappa shape index (κ2) is 8.49. The van der Waals surface area contributed by atoms with Crippen LogP contribution in [0.15, 0.2) is 59.0 Å². The molecule has 0 radical (unpaired) electrons. The number of nitrogens with one attached hydrogen (secondary N) is 2. The van der Waals surface area contributed by atoms with Gasteiger partial charge < -0.3 is 9.73 Å². The predicted octanol–water partition coefficient (Wildman–Crippen LogP) is 6.20. The molecular weight excluding hydrogens is 430 g/mol. The summed E-state index contributed by atoms with van der Waals surface area (Å²) in [4.78, 5) is 17.1. The molecule has 0 saturated heterocycles. The van der Waals surface area contributed by atoms with Gasteiger partial charge in [-0.15, -0.1) is 0 Å². The van der Waals surface area contributed by atoms with Gasteiger partial charge in [0.25, 0.3) is 5.91 Å². The number of rotatable bonds is 3. The van der Waals surface area contributed by atoms with E-state index in [1.807, 2.05) is 57.2 Å². The summed E-state index contributed by atoms with van der Waals surface area (Å²) in [7, 11) is 0. The molecule has 156 valence electrons. The van der Waals surface area contributed by atoms with E-state index in [-0.39, 0.29) is 11.0 Å². The third-order valence-electron chi connectivity index (χ3n) is 4.94. The summed E-state index contributed by atoms with van der Waals surface area (Å²) in [5, 5.41) is 6.50. The highest BCUT2D eigenvalue weighted by Gasteiger charge is 2.13. The van der Waals surface area contributed by atoms with Gasteiger partial charge in [0.2, 0.25) is 5.89 Å². The van der Waals surface area contributed by atoms with E-state index < -0.39 is 0 Å². The fourth-order valence-corrected chi connectivity index (χ4v) is 3.50. The van der Waals surface area contributed by atoms with Crippen molar-refractivity contribution < 1.29 is 9.21 Å². The number of thiocarbonyl (C=S) groups is 1. The maximum absolute atomic E-state index is 12.5. The van der Waals surface area contributed by atoms with Gasteiger partial charge >= 0.3 is 0 Å². The number of carbonyl (C=O) groups excluding carboxylic acids is 1. The minimum Gasteiger partial charge on any atom is -0.436 e. The van der Waals surface area contributed by atoms with Gasteiger partial charge in [-0.2, -0.15) is 0 Å². The second-order valence-electron chi connectivity index (χ2n) is 7.39. The van der Waals surface area contributed by atoms with E-state index in [1.165, 1.54) is 0 Å². The number of amides is 1. The summed E-state index contributed by atoms with van der Waals surface area (Å²) in [6.07, 6.45) is 0. The molecule has 31 heavy (non-hydrogen) atoms. The van der Waals surface area contributed by atoms with Crippen LogP contribution in [0.3, 0.4) is 0 Å². The van der Waals surface area contributed by atoms with E-state index in [9.17, 15) is 4.79 Å². The zero-order valence-corrected chi connectivity index (χ0v) is 18.8. The molecular formula is C24H20ClN3O2S. The van der Waals surface area contributed by atoms with Crippen LogP contribution >= 0.6 is 23.8 Å². The van der Waals surface area contributed by atoms with E-state index in [2.05, 4.69) is 15.6 Å². The summed E-state index contributed by atoms with van der Waals surface area (Å²) in [6, 6.07) is 16.8. The molecule has 4 rings (SSSR count). The Bertz CT molecular complexity index is 1330. The van der Waals surface area contributed by atoms with Gasteiger partial charge in [-0.25, -0.2) is 4.98 Å². The number of anilines is 1. The fraction of sp³-hybridized carbons (Fsp3) is 0.125. The van der Waals surface area contributed by atoms with Crippen LogP contribution < -0.4 is 10.6 Å². The number of aryl methyl sites for hydroxylation is 3. The smallest absolute Gasteiger partial charge is 0.257 e. The lowest BCUT2D eigenvalue weighted by atomic mass is 10.1. The molecule has 4 aromatic rings. The molecule has 0 atom stereocenters. The lowest BCUT2D eigenvalue weighted by Gasteiger charge is -2.13. The highest BCUT2D eigenvalue weighted by Crippen LogP contribution is 2.28. The summed E-state index contributed by atoms with van der Waals surface area (Å²) in [6.45, 7) is 5.84. The summed E-state index contributed by atoms with van der Waals surface area (Å²) in [5.41, 5.74) is 6.53. The normalized spacial score (nSPS) is 10.8. The third-order valence-corrected chi connectivity index (χ3v) is 5.55. The van der Waals surface area contributed by atoms with E-state index in [4.69, 9.17) is 28.2 Å². The van der Waals surface area contributed by atoms with E-state index in [0.717, 1.165) is 39.0 Å². The first-order valence-corrected chi connectivity index (χ1v) is 10.5. The van der Waals surface area contributed by atoms with Crippen LogP contribution in [0.4, 0.5) is 5.69 Å². The van der Waals surface area contributed by atoms with Crippen LogP contribution in [0.25, 0.3) is 22.6 Å². The molecule has 0 fully saturated rings. The minimum absolute atomic E-state index is 0.190. The van der Waals surface area contributed by atoms with Crippen molar-refractivity contribution in [3.05, 3.63) is 81.9 Å². The monoisotopic (exact) mass is 449 g/mol. The number of hydrogen-bond donors (Lipinski definition) is 2. The lowest BCUT2D eigenvalue weighted by Crippen LogP contribution is -2.34. The molecule has 0 aliphatic rings. The van der Waals surface area contributed by atoms with Gasteiger partial charge in [-0.1, -0.05) is 29.8 Å². The first kappa shape index (κ1) is 21.0. The second-order valence-corrected chi connectivity index (χ2v) is 8.21. The number of nitrogens with zero attached hydrogens (tertiary/aromatic N) is 1. The summed E-state index contributed by atoms with van der Waals surface area (Å²) < 4.78 is 5.90. The van der Waals surface area contributed by atoms with Crippen LogP contribution in [0, 0.1) is 20.8 Å². The number of carbonyl (C=O) groups is 1. The number of fused-ring (bicyclic) bond motifs is 1. The molecule has 3 aromatic carbocycles. The molecule has 0 unspecified atom stereocenters. The Hall–Kier alpha value is -3.22. The van der Waals surface area contributed by atoms with Crippen molar-refractivity contribution in [1.29, 1.82) is 0 Å². The van der Waals surface area contributed by atoms with Gasteiger partial charge in [0.1, 0.15) is 5.52 Å². The van der Waals surface area contributed by atoms with Gasteiger partial charge in [0, 0.05) is 21.8 Å². The molecule has 0 saturated carbocycles. The van der Waals surface area contributed by atoms with E-state index in [0.29, 0.717) is 16.5 Å². The van der Waals surface area contributed by atoms with E-state index >= 15 is 0 Å². The Balaban J connectivity index is 1.53. The molecule has 7 heteroatoms. The van der Waals surface area contributed by atoms with Gasteiger partial charge in [-0.05, 0) is 86.1 Å². The van der Waals surface area contributed by atoms with Crippen molar-refractivity contribution in [3.8, 4) is 11.5 Å². The van der Waals surface area contributed by atoms with Gasteiger partial charge in [0.15, 0.2) is 10.7 Å². The summed E-state index contributed by atoms with van der Waals surface area (Å²) in [5.74, 6) is 0.190. The molecule has 5 nitrogen and oxygen atoms in total. The number of aromatic nitrogens is 1. The number of halogens is 1. The molecule has 1 amide bonds. The molecule has 0 aliphatic heterocycles. The van der Waals surface area contributed by atoms with Crippen molar-refractivity contribution in [2.45, 2.75) is 20.8 Å². The first-order chi connectivity index (χ1) is 14.8. The molecule has 0 bridgehead atoms. The van der Waals surface area contributed by atoms with Crippen molar-refractivity contribution >= 4 is 51.6 Å². The Morgan fingerprint density at radius 1 is 1.00 bits per heavy atom. The molecule has 0 aliphatic carbocycles. The van der Waals surface area contributed by atoms with Crippen molar-refractivity contribution in [3.63, 3.8) is 0 Å². The highest BCUT2D eigenvalue weighted by atomic mass is 35.5. The number of oxazole rings is 1. The van der Waals surface area contributed by atoms with Crippen LogP contribution in [0.5, 0.6) is 0 Å². The summed E-state index contributed by atoms with van der Waals surface area (Å²) >= 11 is 11.5. The van der Waals surface area contributed by atoms with Crippen LogP contribution in [-0.2, 0) is 0 Å². The largest absolute Gasteiger partial charge is 0.436 e. The minimum atomic E-state index is -0.331. The fourth-order valence-electron chi connectivity index (χ4n) is 3.11. The molecule has 2 N–H and O–H groups in total. The zero-order chi connectivity index (χ0) is 22.1. The standard InChI is InChI=1S/C24H20ClN3O2S/c1-13-4-9-21-20(10-13)26-23(30-21)17-8-6-15(3)19(12-17)27-24(31)28-22(29)16-7-5-14(2)18(25)11-16/h4-12H,1-3H3,(H2,27,28,29,31). The Morgan fingerprint density at radius 3 is 2.55 bits per heavy atom. The molecule has 1 aromatic heterocycles. The van der Waals surface area contributed by atoms with Gasteiger partial charge in [-0.3, -0.25) is 10.1 Å². The maximum Gasteiger partial charge on any atom is 0.257 e. The van der Waals surface area contributed by atoms with Gasteiger partial charge in [0.05, 0.1) is 0 Å². The Labute approximate surface area is 190 Å². The SMILES string of the molecule is Cc1ccc2oc(-c3ccc(C)c(NC(=S)NC(=O)c4ccc(C)c(Cl)c4)c3)nc2c1. The highest BCUT2D eigenvalue weighted by molar-refractivity contribution is 7.80. The van der Waals surface area contributed by atoms with Crippen LogP contribution in [0.2, 0.25) is 5.02 Å². The quantitative estimate of drug-likeness (QED) is 0.364. The Morgan fingerprint density at radius 2 is 1.77 bits per heavy atom. The van der Waals surface area contributed by atoms with E-state index in [1.54, 1.807) is 18.2 Å².